The van der Waals surface area contributed by atoms with Crippen LogP contribution in [0.25, 0.3) is 0 Å². The van der Waals surface area contributed by atoms with Gasteiger partial charge in [0.1, 0.15) is 0 Å². The van der Waals surface area contributed by atoms with Gasteiger partial charge in [-0.05, 0) is 6.92 Å². The Hall–Kier alpha value is -1.19. The summed E-state index contributed by atoms with van der Waals surface area (Å²) in [6.07, 6.45) is 0. The highest BCUT2D eigenvalue weighted by molar-refractivity contribution is 5.99. The van der Waals surface area contributed by atoms with Crippen LogP contribution >= 0.6 is 0 Å². The second-order valence-electron chi connectivity index (χ2n) is 3.40. The third kappa shape index (κ3) is 3.81. The predicted molar refractivity (Wildman–Crippen MR) is 60.1 cm³/mol. The first-order valence-corrected chi connectivity index (χ1v) is 5.07. The number of ketones is 1. The first-order valence-electron chi connectivity index (χ1n) is 5.07. The molecule has 1 unspecified atom stereocenters. The van der Waals surface area contributed by atoms with Crippen molar-refractivity contribution in [2.75, 3.05) is 20.3 Å². The summed E-state index contributed by atoms with van der Waals surface area (Å²) >= 11 is 0. The molecule has 0 saturated heterocycles. The summed E-state index contributed by atoms with van der Waals surface area (Å²) in [6, 6.07) is 9.14. The topological polar surface area (TPSA) is 38.3 Å². The maximum Gasteiger partial charge on any atom is 0.179 e. The van der Waals surface area contributed by atoms with Gasteiger partial charge in [-0.1, -0.05) is 30.3 Å². The average Bonchev–Trinajstić information content (AvgIpc) is 2.29. The van der Waals surface area contributed by atoms with Gasteiger partial charge >= 0.3 is 0 Å². The Bertz CT molecular complexity index is 298. The number of nitrogens with one attached hydrogen (secondary N) is 1. The highest BCUT2D eigenvalue weighted by Gasteiger charge is 2.13. The van der Waals surface area contributed by atoms with Crippen LogP contribution in [0.15, 0.2) is 30.3 Å². The number of Topliss-reactive ketones (excluding diaryl/α,β-unsaturated/α-hetero) is 1. The van der Waals surface area contributed by atoms with Crippen molar-refractivity contribution in [3.63, 3.8) is 0 Å². The average molecular weight is 207 g/mol. The van der Waals surface area contributed by atoms with Crippen LogP contribution in [0.1, 0.15) is 17.3 Å². The minimum Gasteiger partial charge on any atom is -0.383 e. The zero-order valence-corrected chi connectivity index (χ0v) is 9.19. The molecule has 0 spiro atoms. The van der Waals surface area contributed by atoms with Gasteiger partial charge < -0.3 is 10.1 Å². The van der Waals surface area contributed by atoms with Crippen LogP contribution in [0.5, 0.6) is 0 Å². The van der Waals surface area contributed by atoms with Gasteiger partial charge in [0.15, 0.2) is 5.78 Å². The number of carbonyl (C=O) groups is 1. The van der Waals surface area contributed by atoms with Crippen molar-refractivity contribution >= 4 is 5.78 Å². The smallest absolute Gasteiger partial charge is 0.179 e. The monoisotopic (exact) mass is 207 g/mol. The van der Waals surface area contributed by atoms with Crippen molar-refractivity contribution in [2.24, 2.45) is 0 Å². The van der Waals surface area contributed by atoms with E-state index in [0.717, 1.165) is 5.56 Å². The Morgan fingerprint density at radius 2 is 2.07 bits per heavy atom. The molecule has 0 heterocycles. The number of methoxy groups -OCH3 is 1. The molecule has 0 fully saturated rings. The zero-order chi connectivity index (χ0) is 11.1. The van der Waals surface area contributed by atoms with Crippen LogP contribution in [0.4, 0.5) is 0 Å². The summed E-state index contributed by atoms with van der Waals surface area (Å²) in [6.45, 7) is 3.17. The second-order valence-corrected chi connectivity index (χ2v) is 3.40. The molecule has 82 valence electrons. The summed E-state index contributed by atoms with van der Waals surface area (Å²) in [5.74, 6) is 0.117. The Kier molecular flexibility index (Phi) is 5.01. The van der Waals surface area contributed by atoms with Gasteiger partial charge in [-0.2, -0.15) is 0 Å². The fourth-order valence-electron chi connectivity index (χ4n) is 1.32. The lowest BCUT2D eigenvalue weighted by molar-refractivity contribution is 0.0945. The molecule has 0 amide bonds. The van der Waals surface area contributed by atoms with E-state index < -0.39 is 0 Å². The SMILES string of the molecule is COCCNC(C)C(=O)c1ccccc1. The highest BCUT2D eigenvalue weighted by Crippen LogP contribution is 2.02. The van der Waals surface area contributed by atoms with Crippen molar-refractivity contribution in [3.8, 4) is 0 Å². The summed E-state index contributed by atoms with van der Waals surface area (Å²) in [4.78, 5) is 11.8. The lowest BCUT2D eigenvalue weighted by atomic mass is 10.1. The third-order valence-corrected chi connectivity index (χ3v) is 2.21. The van der Waals surface area contributed by atoms with E-state index in [9.17, 15) is 4.79 Å². The van der Waals surface area contributed by atoms with Crippen molar-refractivity contribution < 1.29 is 9.53 Å². The van der Waals surface area contributed by atoms with Crippen molar-refractivity contribution in [1.29, 1.82) is 0 Å². The van der Waals surface area contributed by atoms with Crippen molar-refractivity contribution in [1.82, 2.24) is 5.32 Å². The van der Waals surface area contributed by atoms with E-state index in [2.05, 4.69) is 5.32 Å². The quantitative estimate of drug-likeness (QED) is 0.567. The van der Waals surface area contributed by atoms with Gasteiger partial charge in [0.2, 0.25) is 0 Å². The van der Waals surface area contributed by atoms with Crippen LogP contribution in [0.2, 0.25) is 0 Å². The molecule has 0 aromatic heterocycles. The van der Waals surface area contributed by atoms with Crippen LogP contribution in [-0.2, 0) is 4.74 Å². The molecule has 0 radical (unpaired) electrons. The number of benzene rings is 1. The predicted octanol–water partition coefficient (Wildman–Crippen LogP) is 1.49. The Morgan fingerprint density at radius 1 is 1.40 bits per heavy atom. The summed E-state index contributed by atoms with van der Waals surface area (Å²) < 4.78 is 4.90. The van der Waals surface area contributed by atoms with Gasteiger partial charge in [0, 0.05) is 19.2 Å². The third-order valence-electron chi connectivity index (χ3n) is 2.21. The van der Waals surface area contributed by atoms with Crippen LogP contribution < -0.4 is 5.32 Å². The molecule has 3 nitrogen and oxygen atoms in total. The van der Waals surface area contributed by atoms with Crippen molar-refractivity contribution in [3.05, 3.63) is 35.9 Å². The molecule has 0 bridgehead atoms. The van der Waals surface area contributed by atoms with Crippen LogP contribution in [0, 0.1) is 0 Å². The molecule has 1 atom stereocenters. The Balaban J connectivity index is 2.46. The van der Waals surface area contributed by atoms with E-state index >= 15 is 0 Å². The molecule has 0 saturated carbocycles. The van der Waals surface area contributed by atoms with Crippen LogP contribution in [0.3, 0.4) is 0 Å². The number of carbonyl (C=O) groups excluding carboxylic acids is 1. The van der Waals surface area contributed by atoms with Gasteiger partial charge in [0.25, 0.3) is 0 Å². The summed E-state index contributed by atoms with van der Waals surface area (Å²) in [5.41, 5.74) is 0.745. The van der Waals surface area contributed by atoms with E-state index in [1.54, 1.807) is 7.11 Å². The Labute approximate surface area is 90.4 Å². The molecule has 1 N–H and O–H groups in total. The summed E-state index contributed by atoms with van der Waals surface area (Å²) in [5, 5.41) is 3.11. The maximum atomic E-state index is 11.8. The molecular formula is C12H17NO2. The van der Waals surface area contributed by atoms with E-state index in [-0.39, 0.29) is 11.8 Å². The normalized spacial score (nSPS) is 12.4. The molecule has 1 aromatic rings. The van der Waals surface area contributed by atoms with Gasteiger partial charge in [-0.15, -0.1) is 0 Å². The number of ether oxygens (including phenoxy) is 1. The van der Waals surface area contributed by atoms with E-state index in [1.165, 1.54) is 0 Å². The largest absolute Gasteiger partial charge is 0.383 e. The van der Waals surface area contributed by atoms with Gasteiger partial charge in [-0.3, -0.25) is 4.79 Å². The fourth-order valence-corrected chi connectivity index (χ4v) is 1.32. The minimum atomic E-state index is -0.164. The molecule has 1 rings (SSSR count). The van der Waals surface area contributed by atoms with E-state index in [1.807, 2.05) is 37.3 Å². The molecule has 0 aliphatic heterocycles. The van der Waals surface area contributed by atoms with Gasteiger partial charge in [-0.25, -0.2) is 0 Å². The molecular weight excluding hydrogens is 190 g/mol. The standard InChI is InChI=1S/C12H17NO2/c1-10(13-8-9-15-2)12(14)11-6-4-3-5-7-11/h3-7,10,13H,8-9H2,1-2H3. The molecule has 3 heteroatoms. The van der Waals surface area contributed by atoms with Gasteiger partial charge in [0.05, 0.1) is 12.6 Å². The molecule has 15 heavy (non-hydrogen) atoms. The Morgan fingerprint density at radius 3 is 2.67 bits per heavy atom. The molecule has 0 aliphatic carbocycles. The van der Waals surface area contributed by atoms with Crippen molar-refractivity contribution in [2.45, 2.75) is 13.0 Å². The zero-order valence-electron chi connectivity index (χ0n) is 9.19. The van der Waals surface area contributed by atoms with Crippen LogP contribution in [-0.4, -0.2) is 32.1 Å². The highest BCUT2D eigenvalue weighted by atomic mass is 16.5. The lowest BCUT2D eigenvalue weighted by Crippen LogP contribution is -2.36. The summed E-state index contributed by atoms with van der Waals surface area (Å²) in [7, 11) is 1.64. The van der Waals surface area contributed by atoms with E-state index in [4.69, 9.17) is 4.74 Å². The maximum absolute atomic E-state index is 11.8. The fraction of sp³-hybridized carbons (Fsp3) is 0.417. The number of hydrogen-bond acceptors (Lipinski definition) is 3. The van der Waals surface area contributed by atoms with E-state index in [0.29, 0.717) is 13.2 Å². The number of rotatable bonds is 6. The minimum absolute atomic E-state index is 0.117. The lowest BCUT2D eigenvalue weighted by Gasteiger charge is -2.12. The first-order chi connectivity index (χ1) is 7.25. The number of hydrogen-bond donors (Lipinski definition) is 1. The second kappa shape index (κ2) is 6.32. The first kappa shape index (κ1) is 11.9. The molecule has 1 aromatic carbocycles. The molecule has 0 aliphatic rings.